The van der Waals surface area contributed by atoms with E-state index in [1.165, 1.54) is 6.92 Å². The lowest BCUT2D eigenvalue weighted by molar-refractivity contribution is -0.141. The number of rotatable bonds is 12. The quantitative estimate of drug-likeness (QED) is 0.103. The van der Waals surface area contributed by atoms with Gasteiger partial charge in [-0.15, -0.1) is 0 Å². The maximum absolute atomic E-state index is 14.3. The summed E-state index contributed by atoms with van der Waals surface area (Å²) < 4.78 is 0. The van der Waals surface area contributed by atoms with Gasteiger partial charge in [0.2, 0.25) is 53.2 Å². The highest BCUT2D eigenvalue weighted by atomic mass is 16.4. The molecule has 0 saturated carbocycles. The fraction of sp³-hybridized carbons (Fsp3) is 0.455. The summed E-state index contributed by atoms with van der Waals surface area (Å²) in [6, 6.07) is 8.98. The van der Waals surface area contributed by atoms with Crippen molar-refractivity contribution >= 4 is 70.0 Å². The Morgan fingerprint density at radius 2 is 1.40 bits per heavy atom. The first-order chi connectivity index (χ1) is 31.1. The molecule has 1 saturated heterocycles. The Bertz CT molecular complexity index is 2180. The molecular formula is C44H58N10O11. The van der Waals surface area contributed by atoms with Gasteiger partial charge in [-0.2, -0.15) is 0 Å². The summed E-state index contributed by atoms with van der Waals surface area (Å²) in [4.78, 5) is 133. The first-order valence-corrected chi connectivity index (χ1v) is 21.5. The van der Waals surface area contributed by atoms with Crippen molar-refractivity contribution < 1.29 is 53.1 Å². The topological polar surface area (TPSA) is 329 Å². The molecule has 350 valence electrons. The van der Waals surface area contributed by atoms with Crippen LogP contribution in [0.15, 0.2) is 60.8 Å². The molecule has 9 amide bonds. The average Bonchev–Trinajstić information content (AvgIpc) is 3.67. The number of nitrogens with two attached hydrogens (primary N) is 1. The van der Waals surface area contributed by atoms with Gasteiger partial charge in [0.15, 0.2) is 0 Å². The first-order valence-electron chi connectivity index (χ1n) is 21.5. The zero-order chi connectivity index (χ0) is 47.3. The summed E-state index contributed by atoms with van der Waals surface area (Å²) in [5, 5.41) is 31.0. The zero-order valence-electron chi connectivity index (χ0n) is 36.2. The lowest BCUT2D eigenvalue weighted by Crippen LogP contribution is -2.59. The van der Waals surface area contributed by atoms with Gasteiger partial charge in [-0.05, 0) is 55.7 Å². The van der Waals surface area contributed by atoms with E-state index in [1.54, 1.807) is 42.6 Å². The molecule has 2 aromatic carbocycles. The van der Waals surface area contributed by atoms with Crippen molar-refractivity contribution in [3.05, 3.63) is 71.9 Å². The van der Waals surface area contributed by atoms with Crippen LogP contribution in [0.2, 0.25) is 0 Å². The number of hydrogen-bond donors (Lipinski definition) is 11. The van der Waals surface area contributed by atoms with Gasteiger partial charge in [0.1, 0.15) is 30.2 Å². The second kappa shape index (κ2) is 25.7. The second-order valence-corrected chi connectivity index (χ2v) is 15.7. The fourth-order valence-corrected chi connectivity index (χ4v) is 7.13. The van der Waals surface area contributed by atoms with Crippen LogP contribution >= 0.6 is 0 Å². The summed E-state index contributed by atoms with van der Waals surface area (Å²) in [6.45, 7) is 1.04. The number of para-hydroxylation sites is 1. The minimum Gasteiger partial charge on any atom is -0.481 e. The zero-order valence-corrected chi connectivity index (χ0v) is 36.2. The number of carbonyl (C=O) groups excluding carboxylic acids is 9. The molecule has 0 radical (unpaired) electrons. The molecule has 5 atom stereocenters. The molecule has 1 aliphatic rings. The Morgan fingerprint density at radius 1 is 0.754 bits per heavy atom. The van der Waals surface area contributed by atoms with Crippen LogP contribution in [-0.2, 0) is 60.8 Å². The monoisotopic (exact) mass is 902 g/mol. The summed E-state index contributed by atoms with van der Waals surface area (Å²) in [5.74, 6) is -7.92. The molecule has 0 aliphatic carbocycles. The molecule has 0 bridgehead atoms. The molecule has 12 N–H and O–H groups in total. The van der Waals surface area contributed by atoms with Gasteiger partial charge in [0, 0.05) is 62.8 Å². The minimum atomic E-state index is -1.74. The number of hydrogen-bond acceptors (Lipinski definition) is 10. The minimum absolute atomic E-state index is 0.0266. The number of carboxylic acids is 1. The van der Waals surface area contributed by atoms with Gasteiger partial charge in [0.05, 0.1) is 13.0 Å². The van der Waals surface area contributed by atoms with Crippen LogP contribution in [0, 0.1) is 0 Å². The van der Waals surface area contributed by atoms with Crippen LogP contribution in [0.3, 0.4) is 0 Å². The number of aromatic nitrogens is 1. The third kappa shape index (κ3) is 17.4. The smallest absolute Gasteiger partial charge is 0.305 e. The predicted molar refractivity (Wildman–Crippen MR) is 235 cm³/mol. The number of fused-ring (bicyclic) bond motifs is 1. The van der Waals surface area contributed by atoms with Crippen molar-refractivity contribution in [2.75, 3.05) is 19.6 Å². The highest BCUT2D eigenvalue weighted by Gasteiger charge is 2.33. The van der Waals surface area contributed by atoms with Crippen LogP contribution in [-0.4, -0.2) is 119 Å². The number of amides is 9. The van der Waals surface area contributed by atoms with Gasteiger partial charge in [-0.1, -0.05) is 48.5 Å². The number of nitrogens with one attached hydrogen (secondary N) is 9. The third-order valence-electron chi connectivity index (χ3n) is 10.5. The number of primary amides is 1. The van der Waals surface area contributed by atoms with Crippen molar-refractivity contribution in [1.29, 1.82) is 0 Å². The standard InChI is InChI=1S/C44H58N10O11/c1-26(55)50-31-15-7-9-19-46-36(56)17-18-37(57)47-20-10-8-16-32(42(63)54-35(23-39(59)60)44(65)53-33(40(45)61)21-27-11-3-2-4-12-27)52-43(64)34(51-38(58)25-49-41(31)62)22-28-24-48-30-14-6-5-13-29(28)30/h2-6,11-14,24,31-35,48H,7-10,15-23,25H2,1H3,(H2,45,61)(H,46,56)(H,47,57)(H,49,62)(H,50,55)(H,51,58)(H,52,64)(H,53,65)(H,54,63)(H,59,60)/t31-,32-,33-,34?,35-/m0/s1. The molecule has 0 spiro atoms. The van der Waals surface area contributed by atoms with E-state index in [0.717, 1.165) is 10.9 Å². The highest BCUT2D eigenvalue weighted by Crippen LogP contribution is 2.19. The van der Waals surface area contributed by atoms with Crippen molar-refractivity contribution in [3.8, 4) is 0 Å². The molecule has 21 nitrogen and oxygen atoms in total. The van der Waals surface area contributed by atoms with E-state index in [1.807, 2.05) is 18.2 Å². The Balaban J connectivity index is 1.61. The Kier molecular flexibility index (Phi) is 19.9. The normalized spacial score (nSPS) is 19.9. The summed E-state index contributed by atoms with van der Waals surface area (Å²) in [6.07, 6.45) is 1.90. The van der Waals surface area contributed by atoms with E-state index in [4.69, 9.17) is 5.73 Å². The number of carboxylic acid groups (broad SMARTS) is 1. The second-order valence-electron chi connectivity index (χ2n) is 15.7. The molecule has 1 aliphatic heterocycles. The number of aromatic amines is 1. The highest BCUT2D eigenvalue weighted by molar-refractivity contribution is 5.97. The van der Waals surface area contributed by atoms with E-state index in [0.29, 0.717) is 30.4 Å². The van der Waals surface area contributed by atoms with Crippen molar-refractivity contribution in [2.45, 2.75) is 108 Å². The molecule has 21 heteroatoms. The maximum atomic E-state index is 14.3. The molecule has 3 aromatic rings. The number of carbonyl (C=O) groups is 10. The SMILES string of the molecule is CC(=O)N[C@H]1CCCCNC(=O)CCC(=O)NCCCC[C@@H](C(=O)N[C@@H](CC(=O)O)C(=O)N[C@@H](Cc2ccccc2)C(N)=O)NC(=O)C(Cc2c[nH]c3ccccc23)NC(=O)CNC1=O. The molecule has 65 heavy (non-hydrogen) atoms. The van der Waals surface area contributed by atoms with Gasteiger partial charge in [0.25, 0.3) is 0 Å². The Hall–Kier alpha value is -7.32. The predicted octanol–water partition coefficient (Wildman–Crippen LogP) is -1.16. The van der Waals surface area contributed by atoms with Gasteiger partial charge in [-0.3, -0.25) is 47.9 Å². The summed E-state index contributed by atoms with van der Waals surface area (Å²) in [7, 11) is 0. The van der Waals surface area contributed by atoms with Crippen molar-refractivity contribution in [2.24, 2.45) is 5.73 Å². The van der Waals surface area contributed by atoms with E-state index in [9.17, 15) is 53.1 Å². The van der Waals surface area contributed by atoms with E-state index < -0.39 is 96.4 Å². The summed E-state index contributed by atoms with van der Waals surface area (Å²) in [5.41, 5.74) is 7.58. The molecule has 1 fully saturated rings. The lowest BCUT2D eigenvalue weighted by atomic mass is 10.0. The van der Waals surface area contributed by atoms with E-state index in [-0.39, 0.29) is 63.9 Å². The molecule has 2 heterocycles. The Labute approximate surface area is 374 Å². The van der Waals surface area contributed by atoms with Gasteiger partial charge >= 0.3 is 5.97 Å². The summed E-state index contributed by atoms with van der Waals surface area (Å²) >= 11 is 0. The largest absolute Gasteiger partial charge is 0.481 e. The molecule has 4 rings (SSSR count). The van der Waals surface area contributed by atoms with Crippen LogP contribution in [0.25, 0.3) is 10.9 Å². The van der Waals surface area contributed by atoms with Gasteiger partial charge in [-0.25, -0.2) is 0 Å². The van der Waals surface area contributed by atoms with Crippen LogP contribution in [0.5, 0.6) is 0 Å². The van der Waals surface area contributed by atoms with Crippen LogP contribution in [0.4, 0.5) is 0 Å². The van der Waals surface area contributed by atoms with E-state index >= 15 is 0 Å². The molecule has 1 unspecified atom stereocenters. The first kappa shape index (κ1) is 50.3. The fourth-order valence-electron chi connectivity index (χ4n) is 7.13. The van der Waals surface area contributed by atoms with Crippen LogP contribution < -0.4 is 48.3 Å². The molecule has 1 aromatic heterocycles. The Morgan fingerprint density at radius 3 is 2.05 bits per heavy atom. The van der Waals surface area contributed by atoms with E-state index in [2.05, 4.69) is 47.5 Å². The molecular weight excluding hydrogens is 845 g/mol. The van der Waals surface area contributed by atoms with Crippen molar-refractivity contribution in [1.82, 2.24) is 47.5 Å². The number of aliphatic carboxylic acids is 1. The van der Waals surface area contributed by atoms with Crippen LogP contribution in [0.1, 0.15) is 75.8 Å². The van der Waals surface area contributed by atoms with Gasteiger partial charge < -0.3 is 58.4 Å². The third-order valence-corrected chi connectivity index (χ3v) is 10.5. The van der Waals surface area contributed by atoms with Crippen molar-refractivity contribution in [3.63, 3.8) is 0 Å². The number of benzene rings is 2. The average molecular weight is 903 g/mol. The number of H-pyrrole nitrogens is 1. The maximum Gasteiger partial charge on any atom is 0.305 e. The lowest BCUT2D eigenvalue weighted by Gasteiger charge is -2.26.